The molecule has 0 saturated carbocycles. The minimum atomic E-state index is -3.64. The van der Waals surface area contributed by atoms with E-state index in [1.54, 1.807) is 0 Å². The number of anilines is 1. The molecule has 0 fully saturated rings. The maximum atomic E-state index is 12.6. The van der Waals surface area contributed by atoms with Gasteiger partial charge in [-0.3, -0.25) is 4.79 Å². The number of benzene rings is 2. The summed E-state index contributed by atoms with van der Waals surface area (Å²) in [5.74, 6) is -1.11. The number of hydrogen-bond acceptors (Lipinski definition) is 5. The van der Waals surface area contributed by atoms with Gasteiger partial charge in [0.1, 0.15) is 5.75 Å². The molecule has 0 aromatic heterocycles. The predicted octanol–water partition coefficient (Wildman–Crippen LogP) is 2.35. The van der Waals surface area contributed by atoms with E-state index in [4.69, 9.17) is 4.74 Å². The molecule has 1 aliphatic rings. The van der Waals surface area contributed by atoms with Crippen LogP contribution in [0.25, 0.3) is 0 Å². The smallest absolute Gasteiger partial charge is 0.335 e. The summed E-state index contributed by atoms with van der Waals surface area (Å²) in [7, 11) is -3.64. The van der Waals surface area contributed by atoms with Crippen molar-refractivity contribution in [3.63, 3.8) is 0 Å². The van der Waals surface area contributed by atoms with E-state index in [9.17, 15) is 23.1 Å². The Bertz CT molecular complexity index is 1030. The van der Waals surface area contributed by atoms with Crippen molar-refractivity contribution in [2.45, 2.75) is 31.3 Å². The fourth-order valence-electron chi connectivity index (χ4n) is 2.89. The van der Waals surface area contributed by atoms with Crippen LogP contribution in [0.4, 0.5) is 5.69 Å². The Morgan fingerprint density at radius 1 is 1.11 bits per heavy atom. The zero-order chi connectivity index (χ0) is 19.9. The van der Waals surface area contributed by atoms with Gasteiger partial charge in [0, 0.05) is 18.4 Å². The van der Waals surface area contributed by atoms with Crippen molar-refractivity contribution in [3.05, 3.63) is 52.6 Å². The van der Waals surface area contributed by atoms with E-state index in [-0.39, 0.29) is 16.1 Å². The Balaban J connectivity index is 1.84. The van der Waals surface area contributed by atoms with Crippen LogP contribution < -0.4 is 10.1 Å². The molecule has 2 aromatic carbocycles. The van der Waals surface area contributed by atoms with Gasteiger partial charge >= 0.3 is 5.97 Å². The van der Waals surface area contributed by atoms with Crippen LogP contribution in [-0.2, 0) is 21.1 Å². The monoisotopic (exact) mass is 389 g/mol. The quantitative estimate of drug-likeness (QED) is 0.831. The molecule has 0 saturated heterocycles. The first kappa shape index (κ1) is 18.9. The number of rotatable bonds is 4. The van der Waals surface area contributed by atoms with E-state index >= 15 is 0 Å². The molecule has 27 heavy (non-hydrogen) atoms. The van der Waals surface area contributed by atoms with Crippen LogP contribution in [0.15, 0.2) is 35.2 Å². The van der Waals surface area contributed by atoms with Crippen LogP contribution in [0.1, 0.15) is 27.0 Å². The molecule has 0 bridgehead atoms. The van der Waals surface area contributed by atoms with Gasteiger partial charge in [0.2, 0.25) is 0 Å². The molecule has 8 heteroatoms. The van der Waals surface area contributed by atoms with Crippen LogP contribution in [0.3, 0.4) is 0 Å². The van der Waals surface area contributed by atoms with Gasteiger partial charge in [-0.1, -0.05) is 6.07 Å². The average molecular weight is 389 g/mol. The Hall–Kier alpha value is -2.87. The molecule has 1 heterocycles. The van der Waals surface area contributed by atoms with E-state index in [1.165, 1.54) is 12.1 Å². The lowest BCUT2D eigenvalue weighted by Gasteiger charge is -2.13. The number of sulfone groups is 1. The Kier molecular flexibility index (Phi) is 4.69. The number of fused-ring (bicyclic) bond motifs is 1. The first-order valence-electron chi connectivity index (χ1n) is 8.20. The van der Waals surface area contributed by atoms with Gasteiger partial charge in [0.05, 0.1) is 10.5 Å². The summed E-state index contributed by atoms with van der Waals surface area (Å²) in [6.45, 7) is 3.93. The number of amides is 1. The van der Waals surface area contributed by atoms with Crippen LogP contribution in [0.2, 0.25) is 0 Å². The second-order valence-corrected chi connectivity index (χ2v) is 8.68. The van der Waals surface area contributed by atoms with Gasteiger partial charge < -0.3 is 15.2 Å². The highest BCUT2D eigenvalue weighted by Crippen LogP contribution is 2.32. The fourth-order valence-corrected chi connectivity index (χ4v) is 3.57. The molecule has 0 radical (unpaired) electrons. The normalized spacial score (nSPS) is 15.7. The van der Waals surface area contributed by atoms with Gasteiger partial charge in [0.25, 0.3) is 5.91 Å². The third-order valence-electron chi connectivity index (χ3n) is 4.49. The molecule has 1 amide bonds. The SMILES string of the molecule is Cc1cc2c(cc1C)OC(C(=O)Nc1cc(C(=O)O)cc(S(C)(=O)=O)c1)C2. The summed E-state index contributed by atoms with van der Waals surface area (Å²) < 4.78 is 29.3. The molecule has 1 aliphatic heterocycles. The number of carbonyl (C=O) groups is 2. The summed E-state index contributed by atoms with van der Waals surface area (Å²) >= 11 is 0. The zero-order valence-electron chi connectivity index (χ0n) is 15.1. The largest absolute Gasteiger partial charge is 0.480 e. The molecular weight excluding hydrogens is 370 g/mol. The van der Waals surface area contributed by atoms with Crippen LogP contribution >= 0.6 is 0 Å². The number of hydrogen-bond donors (Lipinski definition) is 2. The van der Waals surface area contributed by atoms with Crippen molar-refractivity contribution in [2.24, 2.45) is 0 Å². The number of nitrogens with one attached hydrogen (secondary N) is 1. The zero-order valence-corrected chi connectivity index (χ0v) is 15.9. The fraction of sp³-hybridized carbons (Fsp3) is 0.263. The second kappa shape index (κ2) is 6.70. The maximum absolute atomic E-state index is 12.6. The summed E-state index contributed by atoms with van der Waals surface area (Å²) in [6.07, 6.45) is 0.595. The first-order chi connectivity index (χ1) is 12.5. The molecule has 142 valence electrons. The molecule has 3 rings (SSSR count). The lowest BCUT2D eigenvalue weighted by molar-refractivity contribution is -0.122. The number of aromatic carboxylic acids is 1. The van der Waals surface area contributed by atoms with E-state index in [0.29, 0.717) is 12.2 Å². The Morgan fingerprint density at radius 3 is 2.41 bits per heavy atom. The Morgan fingerprint density at radius 2 is 1.78 bits per heavy atom. The highest BCUT2D eigenvalue weighted by atomic mass is 32.2. The molecule has 1 atom stereocenters. The number of aryl methyl sites for hydroxylation is 2. The highest BCUT2D eigenvalue weighted by molar-refractivity contribution is 7.90. The third kappa shape index (κ3) is 3.95. The van der Waals surface area contributed by atoms with Gasteiger partial charge in [-0.2, -0.15) is 0 Å². The summed E-state index contributed by atoms with van der Waals surface area (Å²) in [4.78, 5) is 23.6. The van der Waals surface area contributed by atoms with Crippen molar-refractivity contribution in [1.29, 1.82) is 0 Å². The number of ether oxygens (including phenoxy) is 1. The highest BCUT2D eigenvalue weighted by Gasteiger charge is 2.30. The average Bonchev–Trinajstić information content (AvgIpc) is 2.97. The van der Waals surface area contributed by atoms with E-state index in [1.807, 2.05) is 26.0 Å². The first-order valence-corrected chi connectivity index (χ1v) is 10.1. The maximum Gasteiger partial charge on any atom is 0.335 e. The minimum Gasteiger partial charge on any atom is -0.480 e. The van der Waals surface area contributed by atoms with Gasteiger partial charge in [0.15, 0.2) is 15.9 Å². The van der Waals surface area contributed by atoms with Crippen molar-refractivity contribution in [1.82, 2.24) is 0 Å². The van der Waals surface area contributed by atoms with E-state index in [2.05, 4.69) is 5.32 Å². The van der Waals surface area contributed by atoms with E-state index in [0.717, 1.165) is 29.0 Å². The second-order valence-electron chi connectivity index (χ2n) is 6.67. The predicted molar refractivity (Wildman–Crippen MR) is 99.2 cm³/mol. The van der Waals surface area contributed by atoms with Crippen molar-refractivity contribution in [3.8, 4) is 5.75 Å². The summed E-state index contributed by atoms with van der Waals surface area (Å²) in [5.41, 5.74) is 2.95. The molecule has 0 spiro atoms. The van der Waals surface area contributed by atoms with E-state index < -0.39 is 27.8 Å². The lowest BCUT2D eigenvalue weighted by atomic mass is 10.0. The third-order valence-corrected chi connectivity index (χ3v) is 5.58. The molecule has 7 nitrogen and oxygen atoms in total. The van der Waals surface area contributed by atoms with Crippen molar-refractivity contribution in [2.75, 3.05) is 11.6 Å². The number of carboxylic acids is 1. The molecule has 1 unspecified atom stereocenters. The minimum absolute atomic E-state index is 0.0900. The molecule has 0 aliphatic carbocycles. The summed E-state index contributed by atoms with van der Waals surface area (Å²) in [6, 6.07) is 7.36. The van der Waals surface area contributed by atoms with Crippen LogP contribution in [0, 0.1) is 13.8 Å². The van der Waals surface area contributed by atoms with Gasteiger partial charge in [-0.05, 0) is 54.8 Å². The number of carboxylic acid groups (broad SMARTS) is 1. The van der Waals surface area contributed by atoms with Gasteiger partial charge in [-0.25, -0.2) is 13.2 Å². The molecule has 2 aromatic rings. The van der Waals surface area contributed by atoms with Gasteiger partial charge in [-0.15, -0.1) is 0 Å². The topological polar surface area (TPSA) is 110 Å². The molecule has 2 N–H and O–H groups in total. The lowest BCUT2D eigenvalue weighted by Crippen LogP contribution is -2.31. The van der Waals surface area contributed by atoms with Crippen molar-refractivity contribution >= 4 is 27.4 Å². The summed E-state index contributed by atoms with van der Waals surface area (Å²) in [5, 5.41) is 11.7. The Labute approximate surface area is 156 Å². The molecular formula is C19H19NO6S. The van der Waals surface area contributed by atoms with Crippen LogP contribution in [-0.4, -0.2) is 37.8 Å². The number of carbonyl (C=O) groups excluding carboxylic acids is 1. The van der Waals surface area contributed by atoms with Crippen LogP contribution in [0.5, 0.6) is 5.75 Å². The van der Waals surface area contributed by atoms with Crippen molar-refractivity contribution < 1.29 is 27.9 Å². The standard InChI is InChI=1S/C19H19NO6S/c1-10-4-12-8-17(26-16(12)5-11(10)2)18(21)20-14-6-13(19(22)23)7-15(9-14)27(3,24)25/h4-7,9,17H,8H2,1-3H3,(H,20,21)(H,22,23).